The number of nitrogens with zero attached hydrogens (tertiary/aromatic N) is 3. The highest BCUT2D eigenvalue weighted by molar-refractivity contribution is 5.93. The summed E-state index contributed by atoms with van der Waals surface area (Å²) in [5, 5.41) is 3.99. The summed E-state index contributed by atoms with van der Waals surface area (Å²) in [6.45, 7) is 8.46. The van der Waals surface area contributed by atoms with Gasteiger partial charge in [-0.15, -0.1) is 0 Å². The van der Waals surface area contributed by atoms with Crippen molar-refractivity contribution in [2.75, 3.05) is 32.8 Å². The molecule has 2 atom stereocenters. The van der Waals surface area contributed by atoms with Gasteiger partial charge in [-0.2, -0.15) is 0 Å². The van der Waals surface area contributed by atoms with Gasteiger partial charge in [-0.1, -0.05) is 0 Å². The average molecular weight is 487 g/mol. The van der Waals surface area contributed by atoms with E-state index in [0.29, 0.717) is 35.9 Å². The molecule has 0 spiro atoms. The van der Waals surface area contributed by atoms with Crippen LogP contribution in [-0.4, -0.2) is 71.2 Å². The highest BCUT2D eigenvalue weighted by atomic mass is 16.5. The Morgan fingerprint density at radius 2 is 2.11 bits per heavy atom. The molecule has 3 aromatic rings. The van der Waals surface area contributed by atoms with E-state index in [1.54, 1.807) is 24.0 Å². The maximum Gasteiger partial charge on any atom is 0.261 e. The number of carbonyl (C=O) groups excluding carboxylic acids is 1. The lowest BCUT2D eigenvalue weighted by atomic mass is 10.1. The van der Waals surface area contributed by atoms with Gasteiger partial charge >= 0.3 is 0 Å². The third-order valence-electron chi connectivity index (χ3n) is 6.19. The Labute approximate surface area is 204 Å². The van der Waals surface area contributed by atoms with Crippen LogP contribution < -0.4 is 15.6 Å². The first kappa shape index (κ1) is 26.6. The van der Waals surface area contributed by atoms with Crippen LogP contribution in [0, 0.1) is 0 Å². The fourth-order valence-electron chi connectivity index (χ4n) is 4.21. The number of aryl methyl sites for hydroxylation is 1. The summed E-state index contributed by atoms with van der Waals surface area (Å²) in [6, 6.07) is 4.20. The molecule has 2 saturated heterocycles. The number of hydrogen-bond acceptors (Lipinski definition) is 8. The zero-order chi connectivity index (χ0) is 24.1. The van der Waals surface area contributed by atoms with E-state index in [1.807, 2.05) is 18.3 Å². The van der Waals surface area contributed by atoms with E-state index < -0.39 is 0 Å². The quantitative estimate of drug-likeness (QED) is 0.519. The largest absolute Gasteiger partial charge is 0.489 e. The van der Waals surface area contributed by atoms with E-state index in [0.717, 1.165) is 55.8 Å². The van der Waals surface area contributed by atoms with Crippen molar-refractivity contribution in [3.63, 3.8) is 0 Å². The number of fused-ring (bicyclic) bond motifs is 1. The Balaban J connectivity index is 0.000000815. The van der Waals surface area contributed by atoms with Gasteiger partial charge in [-0.25, -0.2) is 0 Å². The van der Waals surface area contributed by atoms with E-state index >= 15 is 0 Å². The van der Waals surface area contributed by atoms with Crippen molar-refractivity contribution in [3.05, 3.63) is 46.8 Å². The van der Waals surface area contributed by atoms with Crippen LogP contribution in [0.1, 0.15) is 26.0 Å². The Kier molecular flexibility index (Phi) is 9.16. The molecule has 0 bridgehead atoms. The molecule has 10 heteroatoms. The minimum atomic E-state index is -0.0681. The van der Waals surface area contributed by atoms with Gasteiger partial charge in [-0.3, -0.25) is 14.7 Å². The molecule has 2 fully saturated rings. The highest BCUT2D eigenvalue weighted by Crippen LogP contribution is 2.35. The Morgan fingerprint density at radius 3 is 2.80 bits per heavy atom. The van der Waals surface area contributed by atoms with E-state index in [4.69, 9.17) is 18.7 Å². The summed E-state index contributed by atoms with van der Waals surface area (Å²) >= 11 is 0. The van der Waals surface area contributed by atoms with Crippen LogP contribution in [-0.2, 0) is 23.1 Å². The first-order valence-corrected chi connectivity index (χ1v) is 11.7. The van der Waals surface area contributed by atoms with Crippen LogP contribution in [0.5, 0.6) is 5.75 Å². The van der Waals surface area contributed by atoms with Gasteiger partial charge in [0.2, 0.25) is 0 Å². The normalized spacial score (nSPS) is 19.7. The van der Waals surface area contributed by atoms with E-state index in [9.17, 15) is 4.79 Å². The number of piperazine rings is 1. The second-order valence-electron chi connectivity index (χ2n) is 8.64. The molecule has 10 nitrogen and oxygen atoms in total. The number of pyridine rings is 2. The summed E-state index contributed by atoms with van der Waals surface area (Å²) in [5.41, 5.74) is 2.20. The maximum atomic E-state index is 12.8. The Bertz CT molecular complexity index is 1190. The molecule has 0 amide bonds. The van der Waals surface area contributed by atoms with Gasteiger partial charge in [0.15, 0.2) is 0 Å². The van der Waals surface area contributed by atoms with Crippen LogP contribution in [0.4, 0.5) is 0 Å². The number of rotatable bonds is 6. The fraction of sp³-hybridized carbons (Fsp3) is 0.480. The summed E-state index contributed by atoms with van der Waals surface area (Å²) in [5.74, 6) is 1.46. The summed E-state index contributed by atoms with van der Waals surface area (Å²) in [4.78, 5) is 28.3. The molecule has 0 aromatic carbocycles. The highest BCUT2D eigenvalue weighted by Gasteiger charge is 2.23. The molecule has 1 unspecified atom stereocenters. The van der Waals surface area contributed by atoms with E-state index in [-0.39, 0.29) is 17.1 Å². The molecule has 0 radical (unpaired) electrons. The Hall–Kier alpha value is -3.05. The molecule has 35 heavy (non-hydrogen) atoms. The fourth-order valence-corrected chi connectivity index (χ4v) is 4.21. The zero-order valence-electron chi connectivity index (χ0n) is 20.5. The summed E-state index contributed by atoms with van der Waals surface area (Å²) in [7, 11) is 1.76. The van der Waals surface area contributed by atoms with Crippen LogP contribution in [0.2, 0.25) is 0 Å². The van der Waals surface area contributed by atoms with Gasteiger partial charge in [0.05, 0.1) is 24.2 Å². The van der Waals surface area contributed by atoms with Gasteiger partial charge in [0.1, 0.15) is 30.0 Å². The van der Waals surface area contributed by atoms with Crippen molar-refractivity contribution in [1.29, 1.82) is 0 Å². The predicted octanol–water partition coefficient (Wildman–Crippen LogP) is 1.54. The zero-order valence-corrected chi connectivity index (χ0v) is 20.5. The number of ether oxygens (including phenoxy) is 2. The van der Waals surface area contributed by atoms with Crippen molar-refractivity contribution >= 4 is 17.3 Å². The number of hydrogen-bond donors (Lipinski definition) is 1. The number of aromatic nitrogens is 2. The molecule has 5 rings (SSSR count). The van der Waals surface area contributed by atoms with Crippen LogP contribution in [0.3, 0.4) is 0 Å². The summed E-state index contributed by atoms with van der Waals surface area (Å²) < 4.78 is 19.4. The SMILES string of the molecule is CC=O.C[C@@H]1CNCCN1Cc1cc2c(=O)n(C)cc(-c3ccncc3OCC3CCO3)c2o1.O. The summed E-state index contributed by atoms with van der Waals surface area (Å²) in [6.07, 6.45) is 7.13. The monoisotopic (exact) mass is 486 g/mol. The lowest BCUT2D eigenvalue weighted by Crippen LogP contribution is -2.49. The smallest absolute Gasteiger partial charge is 0.261 e. The van der Waals surface area contributed by atoms with Crippen LogP contribution >= 0.6 is 0 Å². The molecule has 5 heterocycles. The molecule has 2 aliphatic heterocycles. The minimum absolute atomic E-state index is 0. The van der Waals surface area contributed by atoms with Crippen molar-refractivity contribution < 1.29 is 24.2 Å². The second-order valence-corrected chi connectivity index (χ2v) is 8.64. The standard InChI is InChI=1S/C23H28N4O4.C2H4O.H2O/c1-15-10-25-6-7-27(15)12-17-9-19-22(31-17)20(13-26(2)23(19)28)18-3-5-24-11-21(18)30-14-16-4-8-29-16;1-2-3;/h3,5,9,11,13,15-16,25H,4,6-8,10,12,14H2,1-2H3;2H,1H3;1H2/t15-,16?;;/m1../s1. The Morgan fingerprint density at radius 1 is 1.34 bits per heavy atom. The maximum absolute atomic E-state index is 12.8. The first-order valence-electron chi connectivity index (χ1n) is 11.7. The van der Waals surface area contributed by atoms with Gasteiger partial charge < -0.3 is 34.0 Å². The van der Waals surface area contributed by atoms with Gasteiger partial charge in [0.25, 0.3) is 5.56 Å². The molecular weight excluding hydrogens is 452 g/mol. The average Bonchev–Trinajstić information content (AvgIpc) is 3.22. The molecule has 190 valence electrons. The number of nitrogens with one attached hydrogen (secondary N) is 1. The molecule has 0 saturated carbocycles. The number of furan rings is 1. The number of carbonyl (C=O) groups is 1. The van der Waals surface area contributed by atoms with Crippen LogP contribution in [0.25, 0.3) is 22.1 Å². The molecular formula is C25H34N4O6. The van der Waals surface area contributed by atoms with E-state index in [2.05, 4.69) is 22.1 Å². The molecule has 0 aliphatic carbocycles. The van der Waals surface area contributed by atoms with Crippen molar-refractivity contribution in [3.8, 4) is 16.9 Å². The first-order chi connectivity index (χ1) is 16.5. The third-order valence-corrected chi connectivity index (χ3v) is 6.19. The topological polar surface area (TPSA) is 130 Å². The molecule has 3 aromatic heterocycles. The van der Waals surface area contributed by atoms with Gasteiger partial charge in [0, 0.05) is 69.3 Å². The lowest BCUT2D eigenvalue weighted by Gasteiger charge is -2.33. The number of aldehydes is 1. The van der Waals surface area contributed by atoms with Crippen molar-refractivity contribution in [2.45, 2.75) is 39.0 Å². The van der Waals surface area contributed by atoms with Gasteiger partial charge in [-0.05, 0) is 26.0 Å². The molecule has 3 N–H and O–H groups in total. The minimum Gasteiger partial charge on any atom is -0.489 e. The van der Waals surface area contributed by atoms with Crippen LogP contribution in [0.15, 0.2) is 39.9 Å². The molecule has 2 aliphatic rings. The lowest BCUT2D eigenvalue weighted by molar-refractivity contribution is -0.106. The third kappa shape index (κ3) is 5.96. The predicted molar refractivity (Wildman–Crippen MR) is 133 cm³/mol. The second kappa shape index (κ2) is 12.1. The van der Waals surface area contributed by atoms with E-state index in [1.165, 1.54) is 6.92 Å². The van der Waals surface area contributed by atoms with Crippen molar-refractivity contribution in [2.24, 2.45) is 7.05 Å². The van der Waals surface area contributed by atoms with Crippen molar-refractivity contribution in [1.82, 2.24) is 19.8 Å².